The maximum absolute atomic E-state index is 15.0. The first-order valence-corrected chi connectivity index (χ1v) is 11.7. The first kappa shape index (κ1) is 23.6. The number of carbonyl (C=O) groups excluding carboxylic acids is 1. The molecule has 0 bridgehead atoms. The fourth-order valence-corrected chi connectivity index (χ4v) is 4.33. The van der Waals surface area contributed by atoms with Gasteiger partial charge in [0.05, 0.1) is 7.11 Å². The van der Waals surface area contributed by atoms with Crippen molar-refractivity contribution in [3.8, 4) is 5.75 Å². The highest BCUT2D eigenvalue weighted by Crippen LogP contribution is 2.36. The monoisotopic (exact) mass is 458 g/mol. The van der Waals surface area contributed by atoms with Crippen LogP contribution in [0.25, 0.3) is 10.9 Å². The minimum Gasteiger partial charge on any atom is -0.497 e. The van der Waals surface area contributed by atoms with Crippen molar-refractivity contribution in [3.63, 3.8) is 0 Å². The predicted molar refractivity (Wildman–Crippen MR) is 135 cm³/mol. The summed E-state index contributed by atoms with van der Waals surface area (Å²) in [5.41, 5.74) is 3.67. The first-order valence-electron chi connectivity index (χ1n) is 11.7. The van der Waals surface area contributed by atoms with Gasteiger partial charge in [0.2, 0.25) is 5.91 Å². The number of halogens is 1. The molecule has 4 rings (SSSR count). The van der Waals surface area contributed by atoms with Gasteiger partial charge in [-0.05, 0) is 46.9 Å². The minimum atomic E-state index is -0.393. The number of ether oxygens (including phenoxy) is 1. The molecular weight excluding hydrogens is 427 g/mol. The lowest BCUT2D eigenvalue weighted by atomic mass is 9.87. The quantitative estimate of drug-likeness (QED) is 0.328. The first-order chi connectivity index (χ1) is 16.5. The van der Waals surface area contributed by atoms with Gasteiger partial charge in [0.15, 0.2) is 0 Å². The number of hydrogen-bond acceptors (Lipinski definition) is 2. The van der Waals surface area contributed by atoms with Gasteiger partial charge >= 0.3 is 0 Å². The third-order valence-electron chi connectivity index (χ3n) is 6.08. The topological polar surface area (TPSA) is 43.3 Å². The maximum Gasteiger partial charge on any atom is 0.220 e. The van der Waals surface area contributed by atoms with Crippen LogP contribution in [0.2, 0.25) is 0 Å². The Balaban J connectivity index is 1.75. The third-order valence-corrected chi connectivity index (χ3v) is 6.08. The van der Waals surface area contributed by atoms with Crippen molar-refractivity contribution >= 4 is 16.8 Å². The second kappa shape index (κ2) is 10.6. The zero-order valence-corrected chi connectivity index (χ0v) is 19.9. The molecule has 3 aromatic carbocycles. The van der Waals surface area contributed by atoms with E-state index in [0.29, 0.717) is 24.6 Å². The molecule has 1 aromatic heterocycles. The van der Waals surface area contributed by atoms with Gasteiger partial charge < -0.3 is 14.6 Å². The molecule has 5 heteroatoms. The molecule has 0 aliphatic heterocycles. The molecule has 0 radical (unpaired) electrons. The summed E-state index contributed by atoms with van der Waals surface area (Å²) < 4.78 is 22.4. The van der Waals surface area contributed by atoms with Crippen LogP contribution in [0.4, 0.5) is 4.39 Å². The highest BCUT2D eigenvalue weighted by molar-refractivity contribution is 5.86. The number of aromatic nitrogens is 1. The van der Waals surface area contributed by atoms with Gasteiger partial charge in [-0.2, -0.15) is 0 Å². The second-order valence-corrected chi connectivity index (χ2v) is 9.05. The van der Waals surface area contributed by atoms with Crippen LogP contribution in [-0.2, 0) is 11.3 Å². The standard InChI is InChI=1S/C29H31FN2O2/c1-20(2)17-31-29(33)16-25(23-8-4-6-10-27(23)30)26-19-32(28-11-7-5-9-24(26)28)18-21-12-14-22(34-3)15-13-21/h4-15,19-20,25H,16-18H2,1-3H3,(H,31,33). The Bertz CT molecular complexity index is 1260. The summed E-state index contributed by atoms with van der Waals surface area (Å²) in [7, 11) is 1.65. The molecule has 4 aromatic rings. The fourth-order valence-electron chi connectivity index (χ4n) is 4.33. The summed E-state index contributed by atoms with van der Waals surface area (Å²) in [6.45, 7) is 5.37. The molecule has 0 aliphatic carbocycles. The van der Waals surface area contributed by atoms with E-state index < -0.39 is 5.92 Å². The zero-order valence-electron chi connectivity index (χ0n) is 19.9. The number of methoxy groups -OCH3 is 1. The molecule has 1 heterocycles. The number of fused-ring (bicyclic) bond motifs is 1. The van der Waals surface area contributed by atoms with Crippen LogP contribution < -0.4 is 10.1 Å². The summed E-state index contributed by atoms with van der Waals surface area (Å²) >= 11 is 0. The van der Waals surface area contributed by atoms with Crippen LogP contribution in [0.3, 0.4) is 0 Å². The highest BCUT2D eigenvalue weighted by atomic mass is 19.1. The molecule has 0 saturated heterocycles. The van der Waals surface area contributed by atoms with Crippen LogP contribution in [0, 0.1) is 11.7 Å². The average molecular weight is 459 g/mol. The minimum absolute atomic E-state index is 0.0751. The summed E-state index contributed by atoms with van der Waals surface area (Å²) in [5, 5.41) is 4.03. The molecular formula is C29H31FN2O2. The Hall–Kier alpha value is -3.60. The van der Waals surface area contributed by atoms with Gasteiger partial charge in [0, 0.05) is 42.5 Å². The Morgan fingerprint density at radius 3 is 2.38 bits per heavy atom. The number of benzene rings is 3. The summed E-state index contributed by atoms with van der Waals surface area (Å²) in [5.74, 6) is 0.400. The number of nitrogens with one attached hydrogen (secondary N) is 1. The maximum atomic E-state index is 15.0. The number of rotatable bonds is 9. The predicted octanol–water partition coefficient (Wildman–Crippen LogP) is 6.13. The number of amides is 1. The Morgan fingerprint density at radius 1 is 0.971 bits per heavy atom. The molecule has 1 N–H and O–H groups in total. The van der Waals surface area contributed by atoms with Crippen LogP contribution in [0.5, 0.6) is 5.75 Å². The van der Waals surface area contributed by atoms with E-state index in [-0.39, 0.29) is 18.1 Å². The SMILES string of the molecule is COc1ccc(Cn2cc(C(CC(=O)NCC(C)C)c3ccccc3F)c3ccccc32)cc1. The highest BCUT2D eigenvalue weighted by Gasteiger charge is 2.25. The summed E-state index contributed by atoms with van der Waals surface area (Å²) in [6, 6.07) is 22.8. The zero-order chi connectivity index (χ0) is 24.1. The van der Waals surface area contributed by atoms with Crippen LogP contribution >= 0.6 is 0 Å². The number of carbonyl (C=O) groups is 1. The molecule has 1 amide bonds. The average Bonchev–Trinajstić information content (AvgIpc) is 3.20. The lowest BCUT2D eigenvalue weighted by Gasteiger charge is -2.18. The molecule has 1 unspecified atom stereocenters. The largest absolute Gasteiger partial charge is 0.497 e. The number of hydrogen-bond donors (Lipinski definition) is 1. The van der Waals surface area contributed by atoms with Crippen molar-refractivity contribution in [2.24, 2.45) is 5.92 Å². The smallest absolute Gasteiger partial charge is 0.220 e. The molecule has 0 fully saturated rings. The third kappa shape index (κ3) is 5.30. The van der Waals surface area contributed by atoms with E-state index >= 15 is 0 Å². The van der Waals surface area contributed by atoms with Crippen LogP contribution in [-0.4, -0.2) is 24.1 Å². The van der Waals surface area contributed by atoms with Crippen molar-refractivity contribution in [1.29, 1.82) is 0 Å². The van der Waals surface area contributed by atoms with Crippen molar-refractivity contribution < 1.29 is 13.9 Å². The van der Waals surface area contributed by atoms with Gasteiger partial charge in [0.25, 0.3) is 0 Å². The second-order valence-electron chi connectivity index (χ2n) is 9.05. The van der Waals surface area contributed by atoms with Gasteiger partial charge in [-0.1, -0.05) is 62.4 Å². The molecule has 176 valence electrons. The van der Waals surface area contributed by atoms with Gasteiger partial charge in [-0.25, -0.2) is 4.39 Å². The van der Waals surface area contributed by atoms with Gasteiger partial charge in [-0.15, -0.1) is 0 Å². The molecule has 0 aliphatic rings. The van der Waals surface area contributed by atoms with E-state index in [2.05, 4.69) is 42.1 Å². The van der Waals surface area contributed by atoms with E-state index in [9.17, 15) is 9.18 Å². The number of para-hydroxylation sites is 1. The lowest BCUT2D eigenvalue weighted by Crippen LogP contribution is -2.29. The van der Waals surface area contributed by atoms with Crippen molar-refractivity contribution in [2.75, 3.05) is 13.7 Å². The summed E-state index contributed by atoms with van der Waals surface area (Å²) in [6.07, 6.45) is 2.26. The van der Waals surface area contributed by atoms with E-state index in [1.807, 2.05) is 42.5 Å². The molecule has 34 heavy (non-hydrogen) atoms. The summed E-state index contributed by atoms with van der Waals surface area (Å²) in [4.78, 5) is 12.9. The fraction of sp³-hybridized carbons (Fsp3) is 0.276. The Morgan fingerprint density at radius 2 is 1.68 bits per heavy atom. The van der Waals surface area contributed by atoms with E-state index in [4.69, 9.17) is 4.74 Å². The van der Waals surface area contributed by atoms with Crippen molar-refractivity contribution in [3.05, 3.63) is 102 Å². The Labute approximate surface area is 200 Å². The van der Waals surface area contributed by atoms with E-state index in [1.165, 1.54) is 6.07 Å². The van der Waals surface area contributed by atoms with Crippen LogP contribution in [0.1, 0.15) is 42.9 Å². The molecule has 0 saturated carbocycles. The number of nitrogens with zero attached hydrogens (tertiary/aromatic N) is 1. The normalized spacial score (nSPS) is 12.1. The molecule has 0 spiro atoms. The van der Waals surface area contributed by atoms with Crippen molar-refractivity contribution in [1.82, 2.24) is 9.88 Å². The lowest BCUT2D eigenvalue weighted by molar-refractivity contribution is -0.121. The van der Waals surface area contributed by atoms with Gasteiger partial charge in [0.1, 0.15) is 11.6 Å². The van der Waals surface area contributed by atoms with Crippen LogP contribution in [0.15, 0.2) is 79.0 Å². The van der Waals surface area contributed by atoms with Gasteiger partial charge in [-0.3, -0.25) is 4.79 Å². The van der Waals surface area contributed by atoms with Crippen molar-refractivity contribution in [2.45, 2.75) is 32.7 Å². The Kier molecular flexibility index (Phi) is 7.31. The van der Waals surface area contributed by atoms with E-state index in [0.717, 1.165) is 27.8 Å². The molecule has 1 atom stereocenters. The van der Waals surface area contributed by atoms with E-state index in [1.54, 1.807) is 19.2 Å². The molecule has 4 nitrogen and oxygen atoms in total.